The zero-order chi connectivity index (χ0) is 15.7. The predicted octanol–water partition coefficient (Wildman–Crippen LogP) is 5.45. The van der Waals surface area contributed by atoms with Crippen molar-refractivity contribution in [2.75, 3.05) is 4.43 Å². The Hall–Kier alpha value is -0.910. The molecule has 4 rings (SSSR count). The molecular weight excluding hydrogens is 399 g/mol. The van der Waals surface area contributed by atoms with Crippen molar-refractivity contribution in [2.45, 2.75) is 37.3 Å². The van der Waals surface area contributed by atoms with Gasteiger partial charge in [0, 0.05) is 17.3 Å². The van der Waals surface area contributed by atoms with Crippen molar-refractivity contribution in [3.8, 4) is 0 Å². The monoisotopic (exact) mass is 420 g/mol. The van der Waals surface area contributed by atoms with E-state index in [9.17, 15) is 0 Å². The maximum Gasteiger partial charge on any atom is 0.170 e. The fourth-order valence-corrected chi connectivity index (χ4v) is 4.55. The van der Waals surface area contributed by atoms with Crippen LogP contribution >= 0.6 is 22.6 Å². The number of hydrogen-bond donors (Lipinski definition) is 0. The number of hydrogen-bond acceptors (Lipinski definition) is 2. The first-order valence-electron chi connectivity index (χ1n) is 8.31. The SMILES string of the molecule is IC[C@H]1CCC2(C1)O[C@H](c1ccccc1)[C@@H](c1ccccc1)O2. The number of halogens is 1. The lowest BCUT2D eigenvalue weighted by molar-refractivity contribution is -0.172. The average molecular weight is 420 g/mol. The van der Waals surface area contributed by atoms with Gasteiger partial charge in [0.05, 0.1) is 0 Å². The van der Waals surface area contributed by atoms with Crippen molar-refractivity contribution in [3.05, 3.63) is 71.8 Å². The van der Waals surface area contributed by atoms with Crippen LogP contribution in [0.15, 0.2) is 60.7 Å². The molecule has 1 heterocycles. The number of alkyl halides is 1. The normalized spacial score (nSPS) is 29.2. The Morgan fingerprint density at radius 3 is 1.83 bits per heavy atom. The van der Waals surface area contributed by atoms with Crippen molar-refractivity contribution in [3.63, 3.8) is 0 Å². The van der Waals surface area contributed by atoms with Crippen molar-refractivity contribution in [2.24, 2.45) is 5.92 Å². The highest BCUT2D eigenvalue weighted by atomic mass is 127. The van der Waals surface area contributed by atoms with Crippen LogP contribution in [0.25, 0.3) is 0 Å². The lowest BCUT2D eigenvalue weighted by Gasteiger charge is -2.23. The molecule has 2 fully saturated rings. The Balaban J connectivity index is 1.67. The molecule has 0 radical (unpaired) electrons. The van der Waals surface area contributed by atoms with Crippen molar-refractivity contribution >= 4 is 22.6 Å². The van der Waals surface area contributed by atoms with E-state index < -0.39 is 5.79 Å². The van der Waals surface area contributed by atoms with Crippen LogP contribution in [-0.2, 0) is 9.47 Å². The summed E-state index contributed by atoms with van der Waals surface area (Å²) in [5.74, 6) is 0.318. The number of rotatable bonds is 3. The van der Waals surface area contributed by atoms with Gasteiger partial charge in [-0.1, -0.05) is 83.3 Å². The van der Waals surface area contributed by atoms with Gasteiger partial charge in [-0.2, -0.15) is 0 Å². The van der Waals surface area contributed by atoms with Gasteiger partial charge in [0.25, 0.3) is 0 Å². The molecule has 0 aromatic heterocycles. The van der Waals surface area contributed by atoms with Crippen LogP contribution in [0, 0.1) is 5.92 Å². The van der Waals surface area contributed by atoms with Crippen LogP contribution < -0.4 is 0 Å². The molecule has 1 saturated carbocycles. The molecule has 3 atom stereocenters. The van der Waals surface area contributed by atoms with E-state index in [4.69, 9.17) is 9.47 Å². The molecule has 1 aliphatic carbocycles. The van der Waals surface area contributed by atoms with Crippen molar-refractivity contribution in [1.29, 1.82) is 0 Å². The maximum absolute atomic E-state index is 6.57. The zero-order valence-corrected chi connectivity index (χ0v) is 15.2. The van der Waals surface area contributed by atoms with Crippen LogP contribution in [0.4, 0.5) is 0 Å². The van der Waals surface area contributed by atoms with Gasteiger partial charge in [-0.05, 0) is 23.5 Å². The molecule has 2 aromatic carbocycles. The summed E-state index contributed by atoms with van der Waals surface area (Å²) in [7, 11) is 0. The smallest absolute Gasteiger partial charge is 0.170 e. The summed E-state index contributed by atoms with van der Waals surface area (Å²) in [6, 6.07) is 21.0. The quantitative estimate of drug-likeness (QED) is 0.486. The molecule has 0 amide bonds. The third-order valence-electron chi connectivity index (χ3n) is 4.97. The van der Waals surface area contributed by atoms with E-state index in [0.717, 1.165) is 12.8 Å². The molecule has 2 nitrogen and oxygen atoms in total. The van der Waals surface area contributed by atoms with E-state index >= 15 is 0 Å². The second-order valence-corrected chi connectivity index (χ2v) is 7.45. The van der Waals surface area contributed by atoms with Crippen LogP contribution in [0.2, 0.25) is 0 Å². The lowest BCUT2D eigenvalue weighted by atomic mass is 9.99. The Kier molecular flexibility index (Phi) is 4.43. The average Bonchev–Trinajstić information content (AvgIpc) is 3.21. The van der Waals surface area contributed by atoms with Gasteiger partial charge in [-0.15, -0.1) is 0 Å². The highest BCUT2D eigenvalue weighted by Crippen LogP contribution is 2.54. The van der Waals surface area contributed by atoms with E-state index in [0.29, 0.717) is 5.92 Å². The Bertz CT molecular complexity index is 596. The minimum Gasteiger partial charge on any atom is -0.339 e. The molecule has 0 N–H and O–H groups in total. The van der Waals surface area contributed by atoms with Crippen molar-refractivity contribution in [1.82, 2.24) is 0 Å². The molecular formula is C20H21IO2. The van der Waals surface area contributed by atoms with Gasteiger partial charge >= 0.3 is 0 Å². The highest BCUT2D eigenvalue weighted by Gasteiger charge is 2.52. The van der Waals surface area contributed by atoms with Gasteiger partial charge in [0.15, 0.2) is 5.79 Å². The van der Waals surface area contributed by atoms with Gasteiger partial charge < -0.3 is 9.47 Å². The summed E-state index contributed by atoms with van der Waals surface area (Å²) >= 11 is 2.48. The van der Waals surface area contributed by atoms with E-state index in [-0.39, 0.29) is 12.2 Å². The van der Waals surface area contributed by atoms with Crippen LogP contribution in [-0.4, -0.2) is 10.2 Å². The first-order chi connectivity index (χ1) is 11.3. The zero-order valence-electron chi connectivity index (χ0n) is 13.0. The Labute approximate surface area is 151 Å². The van der Waals surface area contributed by atoms with Crippen molar-refractivity contribution < 1.29 is 9.47 Å². The molecule has 1 aliphatic heterocycles. The molecule has 1 saturated heterocycles. The van der Waals surface area contributed by atoms with Gasteiger partial charge in [0.1, 0.15) is 12.2 Å². The summed E-state index contributed by atoms with van der Waals surface area (Å²) < 4.78 is 14.3. The molecule has 23 heavy (non-hydrogen) atoms. The molecule has 3 heteroatoms. The Morgan fingerprint density at radius 2 is 1.39 bits per heavy atom. The first-order valence-corrected chi connectivity index (χ1v) is 9.84. The molecule has 0 unspecified atom stereocenters. The number of ether oxygens (including phenoxy) is 2. The van der Waals surface area contributed by atoms with Crippen LogP contribution in [0.5, 0.6) is 0 Å². The third kappa shape index (κ3) is 3.06. The fourth-order valence-electron chi connectivity index (χ4n) is 3.80. The first kappa shape index (κ1) is 15.6. The molecule has 120 valence electrons. The second kappa shape index (κ2) is 6.54. The molecule has 0 bridgehead atoms. The molecule has 1 spiro atoms. The summed E-state index contributed by atoms with van der Waals surface area (Å²) in [6.07, 6.45) is 3.18. The van der Waals surface area contributed by atoms with Crippen LogP contribution in [0.1, 0.15) is 42.6 Å². The topological polar surface area (TPSA) is 18.5 Å². The van der Waals surface area contributed by atoms with Crippen LogP contribution in [0.3, 0.4) is 0 Å². The third-order valence-corrected chi connectivity index (χ3v) is 6.21. The predicted molar refractivity (Wildman–Crippen MR) is 99.5 cm³/mol. The van der Waals surface area contributed by atoms with E-state index in [1.807, 2.05) is 12.1 Å². The summed E-state index contributed by atoms with van der Waals surface area (Å²) in [4.78, 5) is 0. The van der Waals surface area contributed by atoms with Gasteiger partial charge in [-0.3, -0.25) is 0 Å². The Morgan fingerprint density at radius 1 is 0.870 bits per heavy atom. The second-order valence-electron chi connectivity index (χ2n) is 6.57. The van der Waals surface area contributed by atoms with E-state index in [2.05, 4.69) is 71.1 Å². The van der Waals surface area contributed by atoms with E-state index in [1.54, 1.807) is 0 Å². The summed E-state index contributed by atoms with van der Waals surface area (Å²) in [5, 5.41) is 0. The summed E-state index contributed by atoms with van der Waals surface area (Å²) in [6.45, 7) is 0. The highest BCUT2D eigenvalue weighted by molar-refractivity contribution is 14.1. The molecule has 2 aromatic rings. The van der Waals surface area contributed by atoms with Gasteiger partial charge in [-0.25, -0.2) is 0 Å². The number of benzene rings is 2. The minimum atomic E-state index is -0.392. The van der Waals surface area contributed by atoms with E-state index in [1.165, 1.54) is 22.0 Å². The minimum absolute atomic E-state index is 0.0217. The summed E-state index contributed by atoms with van der Waals surface area (Å²) in [5.41, 5.74) is 2.41. The largest absolute Gasteiger partial charge is 0.339 e. The molecule has 2 aliphatic rings. The van der Waals surface area contributed by atoms with Gasteiger partial charge in [0.2, 0.25) is 0 Å². The maximum atomic E-state index is 6.57. The standard InChI is InChI=1S/C20H21IO2/c21-14-15-11-12-20(13-15)22-18(16-7-3-1-4-8-16)19(23-20)17-9-5-2-6-10-17/h1-10,15,18-19H,11-14H2/t15-,18+,19+/m0/s1. The fraction of sp³-hybridized carbons (Fsp3) is 0.400. The lowest BCUT2D eigenvalue weighted by Crippen LogP contribution is -2.26.